The molecule has 1 atom stereocenters. The number of amides is 1. The van der Waals surface area contributed by atoms with Crippen LogP contribution < -0.4 is 5.69 Å². The average Bonchev–Trinajstić information content (AvgIpc) is 3.05. The molecule has 2 aromatic heterocycles. The van der Waals surface area contributed by atoms with E-state index in [1.54, 1.807) is 16.2 Å². The zero-order chi connectivity index (χ0) is 13.8. The SMILES string of the molecule is CCC(C)N(Cc1ccsc1)C(=O)c1n[nH]c(=O)[nH]1. The Balaban J connectivity index is 2.22. The quantitative estimate of drug-likeness (QED) is 0.872. The second-order valence-corrected chi connectivity index (χ2v) is 5.13. The van der Waals surface area contributed by atoms with Crippen LogP contribution in [0, 0.1) is 0 Å². The van der Waals surface area contributed by atoms with Crippen molar-refractivity contribution in [1.82, 2.24) is 20.1 Å². The van der Waals surface area contributed by atoms with Crippen molar-refractivity contribution in [1.29, 1.82) is 0 Å². The molecule has 0 saturated heterocycles. The van der Waals surface area contributed by atoms with Gasteiger partial charge in [-0.15, -0.1) is 5.10 Å². The summed E-state index contributed by atoms with van der Waals surface area (Å²) in [6, 6.07) is 2.06. The summed E-state index contributed by atoms with van der Waals surface area (Å²) in [5.41, 5.74) is 0.611. The summed E-state index contributed by atoms with van der Waals surface area (Å²) in [6.45, 7) is 4.52. The van der Waals surface area contributed by atoms with E-state index in [1.165, 1.54) is 0 Å². The van der Waals surface area contributed by atoms with Crippen molar-refractivity contribution in [3.05, 3.63) is 38.7 Å². The number of carbonyl (C=O) groups excluding carboxylic acids is 1. The number of aromatic nitrogens is 3. The van der Waals surface area contributed by atoms with Gasteiger partial charge >= 0.3 is 5.69 Å². The molecule has 2 heterocycles. The van der Waals surface area contributed by atoms with E-state index in [0.29, 0.717) is 6.54 Å². The topological polar surface area (TPSA) is 81.8 Å². The summed E-state index contributed by atoms with van der Waals surface area (Å²) < 4.78 is 0. The highest BCUT2D eigenvalue weighted by Gasteiger charge is 2.23. The molecule has 0 aromatic carbocycles. The van der Waals surface area contributed by atoms with Gasteiger partial charge in [0.05, 0.1) is 0 Å². The zero-order valence-corrected chi connectivity index (χ0v) is 11.7. The molecule has 0 spiro atoms. The number of carbonyl (C=O) groups is 1. The highest BCUT2D eigenvalue weighted by Crippen LogP contribution is 2.15. The van der Waals surface area contributed by atoms with Gasteiger partial charge in [0.2, 0.25) is 5.82 Å². The smallest absolute Gasteiger partial charge is 0.329 e. The molecular formula is C12H16N4O2S. The summed E-state index contributed by atoms with van der Waals surface area (Å²) in [5, 5.41) is 9.90. The number of nitrogens with one attached hydrogen (secondary N) is 2. The third-order valence-electron chi connectivity index (χ3n) is 3.02. The Morgan fingerprint density at radius 2 is 2.37 bits per heavy atom. The van der Waals surface area contributed by atoms with E-state index < -0.39 is 5.69 Å². The minimum atomic E-state index is -0.469. The van der Waals surface area contributed by atoms with Crippen LogP contribution in [0.3, 0.4) is 0 Å². The summed E-state index contributed by atoms with van der Waals surface area (Å²) in [7, 11) is 0. The van der Waals surface area contributed by atoms with Crippen LogP contribution in [0.4, 0.5) is 0 Å². The maximum Gasteiger partial charge on any atom is 0.341 e. The lowest BCUT2D eigenvalue weighted by molar-refractivity contribution is 0.0659. The molecule has 2 aromatic rings. The highest BCUT2D eigenvalue weighted by molar-refractivity contribution is 7.07. The first-order chi connectivity index (χ1) is 9.11. The average molecular weight is 280 g/mol. The largest absolute Gasteiger partial charge is 0.341 e. The predicted octanol–water partition coefficient (Wildman–Crippen LogP) is 1.60. The summed E-state index contributed by atoms with van der Waals surface area (Å²) in [6.07, 6.45) is 0.838. The standard InChI is InChI=1S/C12H16N4O2S/c1-3-8(2)16(6-9-4-5-19-7-9)11(17)10-13-12(18)15-14-10/h4-5,7-8H,3,6H2,1-2H3,(H2,13,14,15,18). The summed E-state index contributed by atoms with van der Waals surface area (Å²) in [4.78, 5) is 27.5. The Hall–Kier alpha value is -1.89. The fourth-order valence-electron chi connectivity index (χ4n) is 1.73. The molecule has 0 radical (unpaired) electrons. The van der Waals surface area contributed by atoms with Crippen molar-refractivity contribution in [2.24, 2.45) is 0 Å². The van der Waals surface area contributed by atoms with Crippen LogP contribution in [0.5, 0.6) is 0 Å². The van der Waals surface area contributed by atoms with Gasteiger partial charge in [-0.3, -0.25) is 9.78 Å². The molecule has 6 nitrogen and oxygen atoms in total. The van der Waals surface area contributed by atoms with E-state index in [0.717, 1.165) is 12.0 Å². The van der Waals surface area contributed by atoms with Gasteiger partial charge in [-0.25, -0.2) is 9.89 Å². The van der Waals surface area contributed by atoms with Crippen LogP contribution in [0.2, 0.25) is 0 Å². The van der Waals surface area contributed by atoms with Gasteiger partial charge in [-0.1, -0.05) is 6.92 Å². The highest BCUT2D eigenvalue weighted by atomic mass is 32.1. The van der Waals surface area contributed by atoms with Crippen molar-refractivity contribution in [3.63, 3.8) is 0 Å². The fourth-order valence-corrected chi connectivity index (χ4v) is 2.39. The van der Waals surface area contributed by atoms with Crippen molar-refractivity contribution in [3.8, 4) is 0 Å². The molecule has 0 aliphatic carbocycles. The monoisotopic (exact) mass is 280 g/mol. The third-order valence-corrected chi connectivity index (χ3v) is 3.75. The number of thiophene rings is 1. The van der Waals surface area contributed by atoms with Gasteiger partial charge in [0.15, 0.2) is 0 Å². The Morgan fingerprint density at radius 1 is 1.58 bits per heavy atom. The number of H-pyrrole nitrogens is 2. The fraction of sp³-hybridized carbons (Fsp3) is 0.417. The maximum atomic E-state index is 12.4. The molecule has 0 fully saturated rings. The van der Waals surface area contributed by atoms with Crippen molar-refractivity contribution < 1.29 is 4.79 Å². The van der Waals surface area contributed by atoms with E-state index >= 15 is 0 Å². The summed E-state index contributed by atoms with van der Waals surface area (Å²) >= 11 is 1.59. The van der Waals surface area contributed by atoms with Gasteiger partial charge in [0.1, 0.15) is 0 Å². The van der Waals surface area contributed by atoms with E-state index in [2.05, 4.69) is 15.2 Å². The first-order valence-corrected chi connectivity index (χ1v) is 7.02. The molecule has 0 bridgehead atoms. The van der Waals surface area contributed by atoms with E-state index in [1.807, 2.05) is 30.7 Å². The Labute approximate surface area is 114 Å². The molecule has 0 saturated carbocycles. The van der Waals surface area contributed by atoms with Gasteiger partial charge in [0, 0.05) is 12.6 Å². The van der Waals surface area contributed by atoms with E-state index in [-0.39, 0.29) is 17.8 Å². The van der Waals surface area contributed by atoms with Crippen LogP contribution in [-0.2, 0) is 6.54 Å². The third kappa shape index (κ3) is 3.11. The first kappa shape index (κ1) is 13.5. The minimum Gasteiger partial charge on any atom is -0.329 e. The second-order valence-electron chi connectivity index (χ2n) is 4.35. The molecule has 1 unspecified atom stereocenters. The van der Waals surface area contributed by atoms with Crippen LogP contribution in [-0.4, -0.2) is 32.0 Å². The van der Waals surface area contributed by atoms with Gasteiger partial charge in [-0.2, -0.15) is 11.3 Å². The van der Waals surface area contributed by atoms with Crippen LogP contribution in [0.25, 0.3) is 0 Å². The molecular weight excluding hydrogens is 264 g/mol. The number of rotatable bonds is 5. The van der Waals surface area contributed by atoms with E-state index in [4.69, 9.17) is 0 Å². The number of hydrogen-bond acceptors (Lipinski definition) is 4. The van der Waals surface area contributed by atoms with E-state index in [9.17, 15) is 9.59 Å². The Bertz CT molecular complexity index is 587. The Kier molecular flexibility index (Phi) is 4.16. The molecule has 2 N–H and O–H groups in total. The van der Waals surface area contributed by atoms with Gasteiger partial charge < -0.3 is 4.90 Å². The minimum absolute atomic E-state index is 0.0560. The molecule has 19 heavy (non-hydrogen) atoms. The second kappa shape index (κ2) is 5.83. The normalized spacial score (nSPS) is 12.3. The number of aromatic amines is 2. The molecule has 2 rings (SSSR count). The van der Waals surface area contributed by atoms with Crippen molar-refractivity contribution >= 4 is 17.2 Å². The lowest BCUT2D eigenvalue weighted by Crippen LogP contribution is -2.38. The lowest BCUT2D eigenvalue weighted by Gasteiger charge is -2.27. The predicted molar refractivity (Wildman–Crippen MR) is 73.2 cm³/mol. The van der Waals surface area contributed by atoms with Gasteiger partial charge in [0.25, 0.3) is 5.91 Å². The molecule has 0 aliphatic heterocycles. The molecule has 7 heteroatoms. The number of nitrogens with zero attached hydrogens (tertiary/aromatic N) is 2. The number of hydrogen-bond donors (Lipinski definition) is 2. The lowest BCUT2D eigenvalue weighted by atomic mass is 10.2. The Morgan fingerprint density at radius 3 is 2.89 bits per heavy atom. The maximum absolute atomic E-state index is 12.4. The zero-order valence-electron chi connectivity index (χ0n) is 10.8. The van der Waals surface area contributed by atoms with Crippen molar-refractivity contribution in [2.45, 2.75) is 32.9 Å². The summed E-state index contributed by atoms with van der Waals surface area (Å²) in [5.74, 6) is -0.209. The van der Waals surface area contributed by atoms with Crippen LogP contribution >= 0.6 is 11.3 Å². The first-order valence-electron chi connectivity index (χ1n) is 6.08. The van der Waals surface area contributed by atoms with Crippen LogP contribution in [0.15, 0.2) is 21.6 Å². The van der Waals surface area contributed by atoms with Crippen molar-refractivity contribution in [2.75, 3.05) is 0 Å². The molecule has 1 amide bonds. The molecule has 102 valence electrons. The molecule has 0 aliphatic rings. The van der Waals surface area contributed by atoms with Crippen LogP contribution in [0.1, 0.15) is 36.5 Å². The van der Waals surface area contributed by atoms with Gasteiger partial charge in [-0.05, 0) is 35.7 Å².